The normalized spacial score (nSPS) is 16.1. The second-order valence-electron chi connectivity index (χ2n) is 10.4. The first-order valence-electron chi connectivity index (χ1n) is 13.8. The third-order valence-corrected chi connectivity index (χ3v) is 7.17. The number of nitrogens with zero attached hydrogens (tertiary/aromatic N) is 4. The van der Waals surface area contributed by atoms with Gasteiger partial charge in [0.05, 0.1) is 18.3 Å². The van der Waals surface area contributed by atoms with Crippen molar-refractivity contribution >= 4 is 17.6 Å². The molecular weight excluding hydrogens is 512 g/mol. The van der Waals surface area contributed by atoms with E-state index in [1.165, 1.54) is 17.5 Å². The standard InChI is InChI=1S/C29H36N6O5/c1-2-3-28(37)35-15-23(16-35)33-27-11-21(6-8-31-27)29(38)32-12-24(36)17-34-9-7-20-10-25(5-4-22(20)14-34)39-18-26-13-30-19-40-26/h4-6,8,10-11,13,19,23-24,36H,2-3,7,9,12,14-18H2,1H3,(H,31,33)(H,32,38). The van der Waals surface area contributed by atoms with Crippen molar-refractivity contribution in [3.63, 3.8) is 0 Å². The highest BCUT2D eigenvalue weighted by atomic mass is 16.5. The highest BCUT2D eigenvalue weighted by molar-refractivity contribution is 5.94. The van der Waals surface area contributed by atoms with Crippen LogP contribution >= 0.6 is 0 Å². The van der Waals surface area contributed by atoms with Gasteiger partial charge in [0.1, 0.15) is 18.2 Å². The molecule has 1 aromatic carbocycles. The molecule has 2 aromatic heterocycles. The molecule has 2 aliphatic heterocycles. The van der Waals surface area contributed by atoms with Crippen LogP contribution in [0.5, 0.6) is 5.75 Å². The number of rotatable bonds is 12. The molecule has 11 nitrogen and oxygen atoms in total. The van der Waals surface area contributed by atoms with Crippen LogP contribution in [0.2, 0.25) is 0 Å². The molecule has 2 amide bonds. The SMILES string of the molecule is CCCC(=O)N1CC(Nc2cc(C(=O)NCC(O)CN3CCc4cc(OCc5cnco5)ccc4C3)ccn2)C1. The molecule has 4 heterocycles. The number of hydrogen-bond acceptors (Lipinski definition) is 9. The van der Waals surface area contributed by atoms with Gasteiger partial charge < -0.3 is 29.8 Å². The third kappa shape index (κ3) is 7.16. The fourth-order valence-electron chi connectivity index (χ4n) is 4.98. The van der Waals surface area contributed by atoms with Gasteiger partial charge in [0, 0.05) is 57.4 Å². The van der Waals surface area contributed by atoms with E-state index in [2.05, 4.69) is 37.6 Å². The smallest absolute Gasteiger partial charge is 0.251 e. The quantitative estimate of drug-likeness (QED) is 0.312. The fourth-order valence-corrected chi connectivity index (χ4v) is 4.98. The van der Waals surface area contributed by atoms with Crippen molar-refractivity contribution in [2.45, 2.75) is 51.5 Å². The van der Waals surface area contributed by atoms with E-state index in [1.54, 1.807) is 24.5 Å². The van der Waals surface area contributed by atoms with E-state index in [-0.39, 0.29) is 24.4 Å². The van der Waals surface area contributed by atoms with Gasteiger partial charge >= 0.3 is 0 Å². The lowest BCUT2D eigenvalue weighted by molar-refractivity contribution is -0.135. The van der Waals surface area contributed by atoms with Crippen molar-refractivity contribution in [2.24, 2.45) is 0 Å². The Morgan fingerprint density at radius 3 is 2.90 bits per heavy atom. The number of likely N-dealkylation sites (tertiary alicyclic amines) is 1. The molecule has 1 unspecified atom stereocenters. The first kappa shape index (κ1) is 27.6. The number of carbonyl (C=O) groups excluding carboxylic acids is 2. The van der Waals surface area contributed by atoms with Crippen LogP contribution in [-0.2, 0) is 24.4 Å². The molecule has 1 saturated heterocycles. The van der Waals surface area contributed by atoms with Crippen molar-refractivity contribution in [2.75, 3.05) is 38.0 Å². The molecule has 11 heteroatoms. The maximum atomic E-state index is 12.7. The number of ether oxygens (including phenoxy) is 1. The molecule has 0 radical (unpaired) electrons. The first-order valence-corrected chi connectivity index (χ1v) is 13.8. The van der Waals surface area contributed by atoms with Crippen molar-refractivity contribution in [3.8, 4) is 5.75 Å². The molecular formula is C29H36N6O5. The molecule has 3 aromatic rings. The lowest BCUT2D eigenvalue weighted by Crippen LogP contribution is -2.57. The zero-order valence-electron chi connectivity index (χ0n) is 22.7. The van der Waals surface area contributed by atoms with E-state index in [0.29, 0.717) is 49.8 Å². The molecule has 1 atom stereocenters. The van der Waals surface area contributed by atoms with Crippen molar-refractivity contribution in [1.82, 2.24) is 25.1 Å². The molecule has 40 heavy (non-hydrogen) atoms. The number of amides is 2. The number of aromatic nitrogens is 2. The van der Waals surface area contributed by atoms with Gasteiger partial charge in [-0.25, -0.2) is 9.97 Å². The molecule has 0 aliphatic carbocycles. The maximum absolute atomic E-state index is 12.7. The molecule has 3 N–H and O–H groups in total. The molecule has 1 fully saturated rings. The largest absolute Gasteiger partial charge is 0.486 e. The average Bonchev–Trinajstić information content (AvgIpc) is 3.46. The Morgan fingerprint density at radius 1 is 1.23 bits per heavy atom. The molecule has 2 aliphatic rings. The van der Waals surface area contributed by atoms with Gasteiger partial charge in [0.15, 0.2) is 12.2 Å². The van der Waals surface area contributed by atoms with Crippen molar-refractivity contribution < 1.29 is 23.8 Å². The van der Waals surface area contributed by atoms with E-state index in [9.17, 15) is 14.7 Å². The number of carbonyl (C=O) groups is 2. The fraction of sp³-hybridized carbons (Fsp3) is 0.448. The Labute approximate surface area is 233 Å². The van der Waals surface area contributed by atoms with Crippen LogP contribution in [0, 0.1) is 0 Å². The maximum Gasteiger partial charge on any atom is 0.251 e. The van der Waals surface area contributed by atoms with Crippen molar-refractivity contribution in [3.05, 3.63) is 71.6 Å². The number of benzene rings is 1. The monoisotopic (exact) mass is 548 g/mol. The van der Waals surface area contributed by atoms with Crippen LogP contribution in [0.3, 0.4) is 0 Å². The number of aliphatic hydroxyl groups is 1. The van der Waals surface area contributed by atoms with E-state index in [4.69, 9.17) is 9.15 Å². The Balaban J connectivity index is 1.04. The Kier molecular flexibility index (Phi) is 8.92. The summed E-state index contributed by atoms with van der Waals surface area (Å²) in [5.41, 5.74) is 2.91. The minimum atomic E-state index is -0.698. The third-order valence-electron chi connectivity index (χ3n) is 7.17. The van der Waals surface area contributed by atoms with Crippen LogP contribution in [0.1, 0.15) is 47.0 Å². The molecule has 0 saturated carbocycles. The minimum Gasteiger partial charge on any atom is -0.486 e. The highest BCUT2D eigenvalue weighted by Gasteiger charge is 2.30. The number of oxazole rings is 1. The van der Waals surface area contributed by atoms with Crippen LogP contribution in [0.4, 0.5) is 5.82 Å². The molecule has 0 spiro atoms. The van der Waals surface area contributed by atoms with E-state index < -0.39 is 6.10 Å². The van der Waals surface area contributed by atoms with Gasteiger partial charge in [-0.15, -0.1) is 0 Å². The number of hydrogen-bond donors (Lipinski definition) is 3. The number of pyridine rings is 1. The van der Waals surface area contributed by atoms with E-state index in [0.717, 1.165) is 31.7 Å². The summed E-state index contributed by atoms with van der Waals surface area (Å²) in [6, 6.07) is 9.54. The topological polar surface area (TPSA) is 133 Å². The summed E-state index contributed by atoms with van der Waals surface area (Å²) >= 11 is 0. The second-order valence-corrected chi connectivity index (χ2v) is 10.4. The lowest BCUT2D eigenvalue weighted by Gasteiger charge is -2.39. The van der Waals surface area contributed by atoms with Gasteiger partial charge in [0.2, 0.25) is 5.91 Å². The predicted octanol–water partition coefficient (Wildman–Crippen LogP) is 2.22. The van der Waals surface area contributed by atoms with Crippen LogP contribution in [0.25, 0.3) is 0 Å². The molecule has 0 bridgehead atoms. The van der Waals surface area contributed by atoms with Gasteiger partial charge in [-0.05, 0) is 48.2 Å². The van der Waals surface area contributed by atoms with Crippen molar-refractivity contribution in [1.29, 1.82) is 0 Å². The summed E-state index contributed by atoms with van der Waals surface area (Å²) in [7, 11) is 0. The summed E-state index contributed by atoms with van der Waals surface area (Å²) in [6.07, 6.45) is 6.18. The number of nitrogens with one attached hydrogen (secondary N) is 2. The Bertz CT molecular complexity index is 1290. The lowest BCUT2D eigenvalue weighted by atomic mass is 9.99. The predicted molar refractivity (Wildman–Crippen MR) is 148 cm³/mol. The highest BCUT2D eigenvalue weighted by Crippen LogP contribution is 2.24. The minimum absolute atomic E-state index is 0.126. The summed E-state index contributed by atoms with van der Waals surface area (Å²) in [6.45, 7) is 5.76. The van der Waals surface area contributed by atoms with Gasteiger partial charge in [-0.1, -0.05) is 13.0 Å². The Morgan fingerprint density at radius 2 is 2.10 bits per heavy atom. The first-order chi connectivity index (χ1) is 19.5. The molecule has 5 rings (SSSR count). The van der Waals surface area contributed by atoms with Crippen LogP contribution in [-0.4, -0.2) is 81.6 Å². The zero-order chi connectivity index (χ0) is 27.9. The number of anilines is 1. The Hall–Kier alpha value is -3.96. The zero-order valence-corrected chi connectivity index (χ0v) is 22.7. The number of aliphatic hydroxyl groups excluding tert-OH is 1. The number of fused-ring (bicyclic) bond motifs is 1. The summed E-state index contributed by atoms with van der Waals surface area (Å²) in [5, 5.41) is 16.7. The molecule has 212 valence electrons. The van der Waals surface area contributed by atoms with Gasteiger partial charge in [-0.2, -0.15) is 0 Å². The second kappa shape index (κ2) is 12.9. The van der Waals surface area contributed by atoms with E-state index >= 15 is 0 Å². The summed E-state index contributed by atoms with van der Waals surface area (Å²) < 4.78 is 11.0. The summed E-state index contributed by atoms with van der Waals surface area (Å²) in [4.78, 5) is 36.9. The van der Waals surface area contributed by atoms with E-state index in [1.807, 2.05) is 17.9 Å². The van der Waals surface area contributed by atoms with Gasteiger partial charge in [-0.3, -0.25) is 14.5 Å². The number of β-amino-alcohol motifs (C(OH)–C–C–N with tert-alkyl or cyclic N) is 1. The van der Waals surface area contributed by atoms with Gasteiger partial charge in [0.25, 0.3) is 5.91 Å². The summed E-state index contributed by atoms with van der Waals surface area (Å²) in [5.74, 6) is 1.97. The van der Waals surface area contributed by atoms with Crippen LogP contribution < -0.4 is 15.4 Å². The van der Waals surface area contributed by atoms with Crippen LogP contribution in [0.15, 0.2) is 53.5 Å². The average molecular weight is 549 g/mol.